The minimum Gasteiger partial charge on any atom is -0.322 e. The first-order chi connectivity index (χ1) is 9.16. The van der Waals surface area contributed by atoms with Crippen molar-refractivity contribution in [3.05, 3.63) is 68.7 Å². The molecule has 0 saturated heterocycles. The second-order valence-corrected chi connectivity index (χ2v) is 3.99. The molecule has 0 unspecified atom stereocenters. The van der Waals surface area contributed by atoms with Crippen molar-refractivity contribution in [2.45, 2.75) is 0 Å². The number of benzene rings is 2. The minimum atomic E-state index is -0.730. The predicted molar refractivity (Wildman–Crippen MR) is 68.1 cm³/mol. The Bertz CT molecular complexity index is 817. The van der Waals surface area contributed by atoms with Crippen LogP contribution in [0.2, 0.25) is 0 Å². The molecule has 1 N–H and O–H groups in total. The van der Waals surface area contributed by atoms with E-state index in [-0.39, 0.29) is 0 Å². The lowest BCUT2D eigenvalue weighted by Crippen LogP contribution is -2.19. The summed E-state index contributed by atoms with van der Waals surface area (Å²) < 4.78 is 0.610. The molecule has 0 aliphatic rings. The van der Waals surface area contributed by atoms with E-state index in [4.69, 9.17) is 0 Å². The summed E-state index contributed by atoms with van der Waals surface area (Å²) in [6.45, 7) is 0. The summed E-state index contributed by atoms with van der Waals surface area (Å²) in [6.07, 6.45) is 0. The van der Waals surface area contributed by atoms with Gasteiger partial charge in [-0.3, -0.25) is 9.59 Å². The van der Waals surface area contributed by atoms with Crippen molar-refractivity contribution in [1.82, 2.24) is 4.68 Å². The van der Waals surface area contributed by atoms with Gasteiger partial charge < -0.3 is 4.84 Å². The zero-order valence-electron chi connectivity index (χ0n) is 9.62. The fourth-order valence-corrected chi connectivity index (χ4v) is 1.68. The molecule has 0 atom stereocenters. The zero-order valence-corrected chi connectivity index (χ0v) is 9.62. The van der Waals surface area contributed by atoms with E-state index >= 15 is 0 Å². The van der Waals surface area contributed by atoms with Crippen molar-refractivity contribution in [2.75, 3.05) is 5.59 Å². The molecular weight excluding hydrogens is 248 g/mol. The Kier molecular flexibility index (Phi) is 2.42. The maximum Gasteiger partial charge on any atom is 0.364 e. The van der Waals surface area contributed by atoms with Gasteiger partial charge in [-0.25, -0.2) is 4.79 Å². The van der Waals surface area contributed by atoms with Crippen LogP contribution >= 0.6 is 0 Å². The maximum absolute atomic E-state index is 11.7. The van der Waals surface area contributed by atoms with Crippen LogP contribution in [0, 0.1) is 0 Å². The van der Waals surface area contributed by atoms with Crippen LogP contribution in [0.25, 0.3) is 10.8 Å². The van der Waals surface area contributed by atoms with E-state index < -0.39 is 17.1 Å². The van der Waals surface area contributed by atoms with Crippen molar-refractivity contribution in [2.24, 2.45) is 0 Å². The van der Waals surface area contributed by atoms with Crippen LogP contribution in [-0.4, -0.2) is 10.6 Å². The minimum absolute atomic E-state index is 0.327. The van der Waals surface area contributed by atoms with Gasteiger partial charge in [0.05, 0.1) is 5.56 Å². The van der Waals surface area contributed by atoms with Gasteiger partial charge in [-0.1, -0.05) is 30.3 Å². The Hall–Kier alpha value is -2.89. The molecular formula is C13H8N2O4. The SMILES string of the molecule is O=C(ONn1c(=O)c1=O)c1ccc2ccccc2c1. The van der Waals surface area contributed by atoms with Gasteiger partial charge >= 0.3 is 17.1 Å². The van der Waals surface area contributed by atoms with Gasteiger partial charge in [0.2, 0.25) is 0 Å². The van der Waals surface area contributed by atoms with E-state index in [0.717, 1.165) is 10.8 Å². The van der Waals surface area contributed by atoms with Crippen LogP contribution in [0.5, 0.6) is 0 Å². The molecule has 0 aliphatic heterocycles. The number of rotatable bonds is 3. The number of fused-ring (bicyclic) bond motifs is 1. The smallest absolute Gasteiger partial charge is 0.322 e. The molecule has 94 valence electrons. The van der Waals surface area contributed by atoms with Crippen LogP contribution in [0.15, 0.2) is 52.1 Å². The molecule has 0 fully saturated rings. The van der Waals surface area contributed by atoms with Crippen molar-refractivity contribution >= 4 is 16.7 Å². The lowest BCUT2D eigenvalue weighted by Gasteiger charge is -2.04. The third-order valence-electron chi connectivity index (χ3n) is 2.75. The molecule has 3 aromatic rings. The van der Waals surface area contributed by atoms with Crippen molar-refractivity contribution in [1.29, 1.82) is 0 Å². The summed E-state index contributed by atoms with van der Waals surface area (Å²) in [6, 6.07) is 12.6. The van der Waals surface area contributed by atoms with E-state index in [1.807, 2.05) is 29.9 Å². The van der Waals surface area contributed by atoms with Gasteiger partial charge in [0.15, 0.2) is 0 Å². The largest absolute Gasteiger partial charge is 0.364 e. The maximum atomic E-state index is 11.7. The second-order valence-electron chi connectivity index (χ2n) is 3.99. The lowest BCUT2D eigenvalue weighted by atomic mass is 10.1. The fraction of sp³-hybridized carbons (Fsp3) is 0. The van der Waals surface area contributed by atoms with Gasteiger partial charge in [-0.05, 0) is 22.9 Å². The van der Waals surface area contributed by atoms with Crippen molar-refractivity contribution in [3.63, 3.8) is 0 Å². The molecule has 6 heteroatoms. The topological polar surface area (TPSA) is 77.4 Å². The number of carbonyl (C=O) groups excluding carboxylic acids is 1. The Labute approximate surface area is 106 Å². The average Bonchev–Trinajstić information content (AvgIpc) is 3.02. The monoisotopic (exact) mass is 256 g/mol. The summed E-state index contributed by atoms with van der Waals surface area (Å²) in [5.74, 6) is -0.668. The van der Waals surface area contributed by atoms with Crippen LogP contribution < -0.4 is 16.7 Å². The van der Waals surface area contributed by atoms with E-state index in [9.17, 15) is 14.4 Å². The zero-order chi connectivity index (χ0) is 13.4. The summed E-state index contributed by atoms with van der Waals surface area (Å²) in [4.78, 5) is 37.7. The van der Waals surface area contributed by atoms with Gasteiger partial charge in [-0.2, -0.15) is 0 Å². The lowest BCUT2D eigenvalue weighted by molar-refractivity contribution is 0.0548. The number of hydrogen-bond donors (Lipinski definition) is 1. The summed E-state index contributed by atoms with van der Waals surface area (Å²) in [7, 11) is 0. The van der Waals surface area contributed by atoms with Crippen LogP contribution in [0.4, 0.5) is 0 Å². The number of hydrogen-bond acceptors (Lipinski definition) is 5. The Morgan fingerprint density at radius 1 is 1.00 bits per heavy atom. The third-order valence-corrected chi connectivity index (χ3v) is 2.75. The van der Waals surface area contributed by atoms with E-state index in [0.29, 0.717) is 10.2 Å². The molecule has 19 heavy (non-hydrogen) atoms. The molecule has 3 rings (SSSR count). The van der Waals surface area contributed by atoms with Crippen molar-refractivity contribution < 1.29 is 9.63 Å². The second kappa shape index (κ2) is 4.09. The number of carbonyl (C=O) groups is 1. The van der Waals surface area contributed by atoms with Gasteiger partial charge in [-0.15, -0.1) is 10.3 Å². The third kappa shape index (κ3) is 1.99. The molecule has 0 bridgehead atoms. The highest BCUT2D eigenvalue weighted by Gasteiger charge is 2.18. The Morgan fingerprint density at radius 3 is 2.37 bits per heavy atom. The number of nitrogens with one attached hydrogen (secondary N) is 1. The van der Waals surface area contributed by atoms with E-state index in [1.54, 1.807) is 18.2 Å². The molecule has 6 nitrogen and oxygen atoms in total. The summed E-state index contributed by atoms with van der Waals surface area (Å²) in [5.41, 5.74) is 0.853. The first kappa shape index (κ1) is 11.2. The van der Waals surface area contributed by atoms with Crippen molar-refractivity contribution in [3.8, 4) is 0 Å². The molecule has 0 amide bonds. The highest BCUT2D eigenvalue weighted by molar-refractivity contribution is 5.95. The molecule has 0 spiro atoms. The molecule has 0 radical (unpaired) electrons. The molecule has 0 saturated carbocycles. The fourth-order valence-electron chi connectivity index (χ4n) is 1.68. The normalized spacial score (nSPS) is 10.7. The molecule has 1 heterocycles. The van der Waals surface area contributed by atoms with Gasteiger partial charge in [0.1, 0.15) is 0 Å². The standard InChI is InChI=1S/C13H8N2O4/c16-11-12(17)15(11)14-19-13(18)10-6-5-8-3-1-2-4-9(8)7-10/h1-7,14H. The first-order valence-corrected chi connectivity index (χ1v) is 5.51. The van der Waals surface area contributed by atoms with E-state index in [1.165, 1.54) is 0 Å². The first-order valence-electron chi connectivity index (χ1n) is 5.51. The highest BCUT2D eigenvalue weighted by atomic mass is 16.7. The van der Waals surface area contributed by atoms with Crippen LogP contribution in [0.3, 0.4) is 0 Å². The van der Waals surface area contributed by atoms with Gasteiger partial charge in [0.25, 0.3) is 0 Å². The Balaban J connectivity index is 1.79. The number of aromatic nitrogens is 1. The molecule has 2 aromatic carbocycles. The quantitative estimate of drug-likeness (QED) is 0.547. The molecule has 1 aromatic heterocycles. The van der Waals surface area contributed by atoms with Crippen LogP contribution in [-0.2, 0) is 4.84 Å². The predicted octanol–water partition coefficient (Wildman–Crippen LogP) is 0.553. The highest BCUT2D eigenvalue weighted by Crippen LogP contribution is 2.15. The summed E-state index contributed by atoms with van der Waals surface area (Å²) >= 11 is 0. The van der Waals surface area contributed by atoms with E-state index in [2.05, 4.69) is 4.84 Å². The molecule has 0 aliphatic carbocycles. The number of nitrogens with zero attached hydrogens (tertiary/aromatic N) is 1. The summed E-state index contributed by atoms with van der Waals surface area (Å²) in [5, 5.41) is 1.90. The Morgan fingerprint density at radius 2 is 1.68 bits per heavy atom. The van der Waals surface area contributed by atoms with Gasteiger partial charge in [0, 0.05) is 0 Å². The van der Waals surface area contributed by atoms with Crippen LogP contribution in [0.1, 0.15) is 10.4 Å². The average molecular weight is 256 g/mol.